The number of phenols is 1. The highest BCUT2D eigenvalue weighted by molar-refractivity contribution is 6.23. The van der Waals surface area contributed by atoms with E-state index in [1.807, 2.05) is 0 Å². The van der Waals surface area contributed by atoms with Crippen LogP contribution in [0, 0.1) is 11.8 Å². The number of rotatable bonds is 5. The van der Waals surface area contributed by atoms with Crippen LogP contribution in [0.3, 0.4) is 0 Å². The SMILES string of the molecule is C[C@H]1c2ccc(NC(=O)CCC(=O)O)c(O)c2C(O)=C2C(=O)[C@]3(O)C(O)=C(C(N)=O)C(=O)CC3[C@@H](O)C21. The number of ketones is 2. The number of nitrogens with one attached hydrogen (secondary N) is 1. The van der Waals surface area contributed by atoms with Crippen LogP contribution in [-0.2, 0) is 24.0 Å². The predicted octanol–water partition coefficient (Wildman–Crippen LogP) is -0.241. The molecule has 196 valence electrons. The number of fused-ring (bicyclic) bond motifs is 3. The number of carboxylic acid groups (broad SMARTS) is 1. The Labute approximate surface area is 208 Å². The normalized spacial score (nSPS) is 28.8. The number of amides is 2. The quantitative estimate of drug-likeness (QED) is 0.187. The van der Waals surface area contributed by atoms with Crippen molar-refractivity contribution < 1.29 is 54.6 Å². The van der Waals surface area contributed by atoms with E-state index in [9.17, 15) is 49.5 Å². The lowest BCUT2D eigenvalue weighted by molar-refractivity contribution is -0.160. The number of hydrogen-bond donors (Lipinski definition) is 8. The van der Waals surface area contributed by atoms with Gasteiger partial charge in [-0.1, -0.05) is 13.0 Å². The van der Waals surface area contributed by atoms with Gasteiger partial charge in [-0.2, -0.15) is 0 Å². The molecule has 13 nitrogen and oxygen atoms in total. The Kier molecular flexibility index (Phi) is 6.08. The molecular formula is C24H24N2O11. The first-order valence-corrected chi connectivity index (χ1v) is 11.3. The summed E-state index contributed by atoms with van der Waals surface area (Å²) in [6.45, 7) is 1.57. The van der Waals surface area contributed by atoms with Crippen molar-refractivity contribution >= 4 is 40.8 Å². The van der Waals surface area contributed by atoms with E-state index < -0.39 is 106 Å². The summed E-state index contributed by atoms with van der Waals surface area (Å²) in [6.07, 6.45) is -3.20. The molecule has 1 saturated carbocycles. The van der Waals surface area contributed by atoms with Crippen LogP contribution in [0.1, 0.15) is 43.2 Å². The van der Waals surface area contributed by atoms with E-state index in [1.54, 1.807) is 6.92 Å². The van der Waals surface area contributed by atoms with Crippen LogP contribution in [0.4, 0.5) is 5.69 Å². The second-order valence-corrected chi connectivity index (χ2v) is 9.35. The first-order valence-electron chi connectivity index (χ1n) is 11.3. The lowest BCUT2D eigenvalue weighted by Crippen LogP contribution is -2.63. The van der Waals surface area contributed by atoms with E-state index >= 15 is 0 Å². The highest BCUT2D eigenvalue weighted by Crippen LogP contribution is 2.56. The summed E-state index contributed by atoms with van der Waals surface area (Å²) in [6, 6.07) is 2.72. The van der Waals surface area contributed by atoms with Crippen molar-refractivity contribution in [2.24, 2.45) is 17.6 Å². The van der Waals surface area contributed by atoms with Crippen molar-refractivity contribution in [2.45, 2.75) is 43.8 Å². The summed E-state index contributed by atoms with van der Waals surface area (Å²) >= 11 is 0. The molecule has 2 unspecified atom stereocenters. The maximum absolute atomic E-state index is 13.6. The zero-order chi connectivity index (χ0) is 27.6. The van der Waals surface area contributed by atoms with Crippen LogP contribution in [0.5, 0.6) is 5.75 Å². The number of Topliss-reactive ketones (excluding diaryl/α,β-unsaturated/α-hetero) is 2. The topological polar surface area (TPSA) is 245 Å². The van der Waals surface area contributed by atoms with Crippen molar-refractivity contribution in [3.63, 3.8) is 0 Å². The Hall–Kier alpha value is -4.23. The highest BCUT2D eigenvalue weighted by atomic mass is 16.4. The van der Waals surface area contributed by atoms with Crippen molar-refractivity contribution in [2.75, 3.05) is 5.32 Å². The van der Waals surface area contributed by atoms with E-state index in [0.717, 1.165) is 0 Å². The Morgan fingerprint density at radius 1 is 1.14 bits per heavy atom. The largest absolute Gasteiger partial charge is 0.508 e. The van der Waals surface area contributed by atoms with Gasteiger partial charge in [-0.25, -0.2) is 0 Å². The number of anilines is 1. The van der Waals surface area contributed by atoms with Gasteiger partial charge in [-0.15, -0.1) is 0 Å². The molecule has 0 heterocycles. The van der Waals surface area contributed by atoms with Gasteiger partial charge in [0.15, 0.2) is 11.4 Å². The minimum Gasteiger partial charge on any atom is -0.508 e. The lowest BCUT2D eigenvalue weighted by Gasteiger charge is -2.50. The molecule has 0 aliphatic heterocycles. The number of carbonyl (C=O) groups excluding carboxylic acids is 4. The molecule has 13 heteroatoms. The number of hydrogen-bond acceptors (Lipinski definition) is 10. The predicted molar refractivity (Wildman–Crippen MR) is 123 cm³/mol. The monoisotopic (exact) mass is 516 g/mol. The molecule has 9 N–H and O–H groups in total. The average molecular weight is 516 g/mol. The molecule has 37 heavy (non-hydrogen) atoms. The van der Waals surface area contributed by atoms with Gasteiger partial charge in [0.1, 0.15) is 22.8 Å². The number of aliphatic hydroxyl groups excluding tert-OH is 3. The maximum atomic E-state index is 13.6. The van der Waals surface area contributed by atoms with Gasteiger partial charge >= 0.3 is 5.97 Å². The number of carboxylic acids is 1. The van der Waals surface area contributed by atoms with Crippen LogP contribution < -0.4 is 11.1 Å². The molecule has 3 aliphatic rings. The summed E-state index contributed by atoms with van der Waals surface area (Å²) in [5, 5.41) is 66.1. The van der Waals surface area contributed by atoms with Gasteiger partial charge in [0.2, 0.25) is 11.7 Å². The molecule has 1 fully saturated rings. The van der Waals surface area contributed by atoms with E-state index in [1.165, 1.54) is 12.1 Å². The summed E-state index contributed by atoms with van der Waals surface area (Å²) < 4.78 is 0. The second kappa shape index (κ2) is 8.71. The zero-order valence-corrected chi connectivity index (χ0v) is 19.4. The fraction of sp³-hybridized carbons (Fsp3) is 0.375. The molecule has 5 atom stereocenters. The number of aliphatic hydroxyl groups is 4. The summed E-state index contributed by atoms with van der Waals surface area (Å²) in [4.78, 5) is 60.5. The zero-order valence-electron chi connectivity index (χ0n) is 19.4. The smallest absolute Gasteiger partial charge is 0.303 e. The molecule has 4 rings (SSSR count). The fourth-order valence-electron chi connectivity index (χ4n) is 5.53. The lowest BCUT2D eigenvalue weighted by atomic mass is 9.55. The van der Waals surface area contributed by atoms with Gasteiger partial charge in [0, 0.05) is 30.3 Å². The van der Waals surface area contributed by atoms with Gasteiger partial charge in [-0.05, 0) is 17.5 Å². The van der Waals surface area contributed by atoms with E-state index in [4.69, 9.17) is 10.8 Å². The molecule has 2 amide bonds. The van der Waals surface area contributed by atoms with Gasteiger partial charge in [0.05, 0.1) is 23.8 Å². The molecule has 0 saturated heterocycles. The minimum atomic E-state index is -2.95. The first kappa shape index (κ1) is 25.9. The minimum absolute atomic E-state index is 0.200. The number of primary amides is 1. The van der Waals surface area contributed by atoms with Crippen LogP contribution in [-0.4, -0.2) is 71.7 Å². The van der Waals surface area contributed by atoms with Crippen molar-refractivity contribution in [1.29, 1.82) is 0 Å². The molecule has 1 aromatic carbocycles. The first-order chi connectivity index (χ1) is 17.2. The number of aromatic hydroxyl groups is 1. The third-order valence-corrected chi connectivity index (χ3v) is 7.34. The summed E-state index contributed by atoms with van der Waals surface area (Å²) in [5.74, 6) is -11.9. The molecule has 3 aliphatic carbocycles. The average Bonchev–Trinajstić information content (AvgIpc) is 2.81. The Bertz CT molecular complexity index is 1340. The van der Waals surface area contributed by atoms with Gasteiger partial charge in [-0.3, -0.25) is 24.0 Å². The summed E-state index contributed by atoms with van der Waals surface area (Å²) in [5.41, 5.74) is 0.427. The molecule has 0 radical (unpaired) electrons. The number of nitrogens with two attached hydrogens (primary N) is 1. The van der Waals surface area contributed by atoms with Crippen molar-refractivity contribution in [1.82, 2.24) is 0 Å². The molecule has 0 aromatic heterocycles. The van der Waals surface area contributed by atoms with E-state index in [-0.39, 0.29) is 16.8 Å². The fourth-order valence-corrected chi connectivity index (χ4v) is 5.53. The Morgan fingerprint density at radius 2 is 1.78 bits per heavy atom. The second-order valence-electron chi connectivity index (χ2n) is 9.35. The summed E-state index contributed by atoms with van der Waals surface area (Å²) in [7, 11) is 0. The maximum Gasteiger partial charge on any atom is 0.303 e. The third kappa shape index (κ3) is 3.65. The van der Waals surface area contributed by atoms with Crippen molar-refractivity contribution in [3.8, 4) is 5.75 Å². The number of benzene rings is 1. The van der Waals surface area contributed by atoms with Crippen LogP contribution in [0.25, 0.3) is 5.76 Å². The number of aliphatic carboxylic acids is 1. The van der Waals surface area contributed by atoms with Crippen LogP contribution >= 0.6 is 0 Å². The van der Waals surface area contributed by atoms with Crippen LogP contribution in [0.15, 0.2) is 29.0 Å². The molecular weight excluding hydrogens is 492 g/mol. The highest BCUT2D eigenvalue weighted by Gasteiger charge is 2.64. The van der Waals surface area contributed by atoms with E-state index in [0.29, 0.717) is 0 Å². The number of carbonyl (C=O) groups is 5. The van der Waals surface area contributed by atoms with Gasteiger partial charge < -0.3 is 41.7 Å². The Morgan fingerprint density at radius 3 is 2.38 bits per heavy atom. The molecule has 0 spiro atoms. The third-order valence-electron chi connectivity index (χ3n) is 7.34. The Balaban J connectivity index is 1.86. The molecule has 1 aromatic rings. The number of phenolic OH excluding ortho intramolecular Hbond substituents is 1. The van der Waals surface area contributed by atoms with E-state index in [2.05, 4.69) is 5.32 Å². The van der Waals surface area contributed by atoms with Gasteiger partial charge in [0.25, 0.3) is 5.91 Å². The van der Waals surface area contributed by atoms with Crippen molar-refractivity contribution in [3.05, 3.63) is 40.2 Å². The standard InChI is InChI=1S/C24H24N2O11/c1-7-8-2-3-10(26-12(28)4-5-13(29)30)19(32)15(8)20(33)17-14(7)18(31)9-6-11(27)16(23(25)36)21(34)24(9,37)22(17)35/h2-3,7,9,14,18,31-34,37H,4-6H2,1H3,(H2,25,36)(H,26,28)(H,29,30)/t7-,9?,14?,18+,24+/m0/s1. The van der Waals surface area contributed by atoms with Crippen LogP contribution in [0.2, 0.25) is 0 Å². The molecule has 0 bridgehead atoms.